The van der Waals surface area contributed by atoms with Gasteiger partial charge in [-0.15, -0.1) is 0 Å². The number of benzene rings is 2. The number of halogens is 1. The predicted molar refractivity (Wildman–Crippen MR) is 142 cm³/mol. The Bertz CT molecular complexity index is 1700. The molecule has 0 aliphatic carbocycles. The number of phenols is 2. The summed E-state index contributed by atoms with van der Waals surface area (Å²) < 4.78 is 22.0. The van der Waals surface area contributed by atoms with Crippen LogP contribution in [-0.2, 0) is 11.3 Å². The van der Waals surface area contributed by atoms with Crippen molar-refractivity contribution in [2.45, 2.75) is 32.5 Å². The first kappa shape index (κ1) is 26.3. The number of aromatic nitrogens is 4. The standard InChI is InChI=1S/C26H26FN7O6/c1-13(2)16-10-17(21(36)11-20(16)35)23-31-32-25(38)34(23)15-3-4-19-14(9-15)5-6-33(19)7-8-40-26(39)30-22-18(27)12-28-24(37)29-22/h3-6,9-13,22,35-36H,7-8H2,1-2H3,(H,30,39)(H,32,38)(H2,28,29,37). The van der Waals surface area contributed by atoms with E-state index in [0.717, 1.165) is 17.1 Å². The van der Waals surface area contributed by atoms with Crippen molar-refractivity contribution in [1.82, 2.24) is 35.3 Å². The van der Waals surface area contributed by atoms with Crippen LogP contribution in [0.4, 0.5) is 14.0 Å². The molecule has 0 bridgehead atoms. The fourth-order valence-electron chi connectivity index (χ4n) is 4.44. The fraction of sp³-hybridized carbons (Fsp3) is 0.231. The zero-order valence-electron chi connectivity index (χ0n) is 21.4. The Balaban J connectivity index is 1.33. The van der Waals surface area contributed by atoms with E-state index >= 15 is 0 Å². The Kier molecular flexibility index (Phi) is 6.90. The number of rotatable bonds is 7. The van der Waals surface area contributed by atoms with Crippen LogP contribution < -0.4 is 21.6 Å². The zero-order valence-corrected chi connectivity index (χ0v) is 21.4. The molecule has 6 N–H and O–H groups in total. The first-order valence-corrected chi connectivity index (χ1v) is 12.3. The summed E-state index contributed by atoms with van der Waals surface area (Å²) in [6.07, 6.45) is 0.412. The van der Waals surface area contributed by atoms with E-state index in [2.05, 4.69) is 26.1 Å². The van der Waals surface area contributed by atoms with Gasteiger partial charge < -0.3 is 30.2 Å². The second kappa shape index (κ2) is 10.5. The molecular weight excluding hydrogens is 525 g/mol. The molecular formula is C26H26FN7O6. The summed E-state index contributed by atoms with van der Waals surface area (Å²) in [6, 6.07) is 9.28. The van der Waals surface area contributed by atoms with Gasteiger partial charge in [0.15, 0.2) is 17.8 Å². The molecule has 2 aromatic carbocycles. The molecule has 3 amide bonds. The van der Waals surface area contributed by atoms with E-state index in [4.69, 9.17) is 4.74 Å². The lowest BCUT2D eigenvalue weighted by Crippen LogP contribution is -2.54. The lowest BCUT2D eigenvalue weighted by molar-refractivity contribution is 0.137. The molecule has 1 unspecified atom stereocenters. The van der Waals surface area contributed by atoms with Gasteiger partial charge in [-0.05, 0) is 41.8 Å². The SMILES string of the molecule is CC(C)c1cc(-c2n[nH]c(=O)n2-c2ccc3c(ccn3CCOC(=O)NC3NC(=O)NC=C3F)c2)c(O)cc1O. The molecule has 0 fully saturated rings. The molecule has 208 valence electrons. The molecule has 4 aromatic rings. The fourth-order valence-corrected chi connectivity index (χ4v) is 4.44. The summed E-state index contributed by atoms with van der Waals surface area (Å²) in [5.74, 6) is -0.900. The Labute approximate surface area is 225 Å². The van der Waals surface area contributed by atoms with E-state index < -0.39 is 29.8 Å². The van der Waals surface area contributed by atoms with E-state index in [1.165, 1.54) is 10.6 Å². The largest absolute Gasteiger partial charge is 0.508 e. The minimum atomic E-state index is -1.32. The van der Waals surface area contributed by atoms with Gasteiger partial charge in [0.2, 0.25) is 0 Å². The number of H-pyrrole nitrogens is 1. The highest BCUT2D eigenvalue weighted by molar-refractivity contribution is 5.83. The second-order valence-electron chi connectivity index (χ2n) is 9.38. The average Bonchev–Trinajstić information content (AvgIpc) is 3.48. The molecule has 40 heavy (non-hydrogen) atoms. The number of hydrogen-bond acceptors (Lipinski definition) is 7. The maximum absolute atomic E-state index is 13.7. The number of phenolic OH excluding ortho intramolecular Hbond substituents is 2. The predicted octanol–water partition coefficient (Wildman–Crippen LogP) is 2.89. The molecule has 0 saturated heterocycles. The third-order valence-corrected chi connectivity index (χ3v) is 6.41. The molecule has 13 nitrogen and oxygen atoms in total. The van der Waals surface area contributed by atoms with Crippen LogP contribution in [-0.4, -0.2) is 54.4 Å². The lowest BCUT2D eigenvalue weighted by atomic mass is 9.98. The Morgan fingerprint density at radius 1 is 1.18 bits per heavy atom. The highest BCUT2D eigenvalue weighted by Gasteiger charge is 2.24. The number of alkyl carbamates (subject to hydrolysis) is 1. The number of nitrogens with one attached hydrogen (secondary N) is 4. The first-order valence-electron chi connectivity index (χ1n) is 12.3. The molecule has 14 heteroatoms. The summed E-state index contributed by atoms with van der Waals surface area (Å²) in [5, 5.41) is 34.6. The number of carbonyl (C=O) groups excluding carboxylic acids is 2. The van der Waals surface area contributed by atoms with Gasteiger partial charge in [-0.2, -0.15) is 5.10 Å². The monoisotopic (exact) mass is 551 g/mol. The molecule has 1 atom stereocenters. The number of aromatic amines is 1. The highest BCUT2D eigenvalue weighted by Crippen LogP contribution is 2.37. The molecule has 1 aliphatic heterocycles. The van der Waals surface area contributed by atoms with Crippen molar-refractivity contribution < 1.29 is 28.9 Å². The smallest absolute Gasteiger partial charge is 0.409 e. The summed E-state index contributed by atoms with van der Waals surface area (Å²) >= 11 is 0. The average molecular weight is 552 g/mol. The third-order valence-electron chi connectivity index (χ3n) is 6.41. The Hall–Kier alpha value is -5.27. The number of aromatic hydroxyl groups is 2. The topological polar surface area (TPSA) is 176 Å². The molecule has 0 saturated carbocycles. The van der Waals surface area contributed by atoms with Crippen molar-refractivity contribution in [1.29, 1.82) is 0 Å². The molecule has 5 rings (SSSR count). The Morgan fingerprint density at radius 2 is 1.98 bits per heavy atom. The van der Waals surface area contributed by atoms with Crippen LogP contribution in [0.15, 0.2) is 59.4 Å². The molecule has 3 heterocycles. The number of ether oxygens (including phenoxy) is 1. The van der Waals surface area contributed by atoms with Gasteiger partial charge in [0, 0.05) is 29.4 Å². The van der Waals surface area contributed by atoms with Gasteiger partial charge in [-0.3, -0.25) is 5.32 Å². The van der Waals surface area contributed by atoms with E-state index in [9.17, 15) is 29.0 Å². The van der Waals surface area contributed by atoms with Crippen molar-refractivity contribution in [3.8, 4) is 28.6 Å². The van der Waals surface area contributed by atoms with Crippen molar-refractivity contribution >= 4 is 23.0 Å². The molecule has 2 aromatic heterocycles. The molecule has 0 spiro atoms. The van der Waals surface area contributed by atoms with Crippen LogP contribution in [0, 0.1) is 0 Å². The first-order chi connectivity index (χ1) is 19.1. The maximum Gasteiger partial charge on any atom is 0.409 e. The molecule has 1 aliphatic rings. The van der Waals surface area contributed by atoms with E-state index in [0.29, 0.717) is 11.3 Å². The number of carbonyl (C=O) groups is 2. The quantitative estimate of drug-likeness (QED) is 0.205. The van der Waals surface area contributed by atoms with Gasteiger partial charge in [-0.1, -0.05) is 13.8 Å². The van der Waals surface area contributed by atoms with Gasteiger partial charge >= 0.3 is 17.8 Å². The number of amides is 3. The van der Waals surface area contributed by atoms with Crippen LogP contribution >= 0.6 is 0 Å². The van der Waals surface area contributed by atoms with Crippen molar-refractivity contribution in [3.63, 3.8) is 0 Å². The summed E-state index contributed by atoms with van der Waals surface area (Å²) in [7, 11) is 0. The zero-order chi connectivity index (χ0) is 28.6. The highest BCUT2D eigenvalue weighted by atomic mass is 19.1. The van der Waals surface area contributed by atoms with Crippen LogP contribution in [0.5, 0.6) is 11.5 Å². The van der Waals surface area contributed by atoms with E-state index in [-0.39, 0.29) is 42.0 Å². The Morgan fingerprint density at radius 3 is 2.75 bits per heavy atom. The number of urea groups is 1. The van der Waals surface area contributed by atoms with Crippen molar-refractivity contribution in [3.05, 3.63) is 70.7 Å². The van der Waals surface area contributed by atoms with Crippen molar-refractivity contribution in [2.75, 3.05) is 6.61 Å². The number of nitrogens with zero attached hydrogens (tertiary/aromatic N) is 3. The lowest BCUT2D eigenvalue weighted by Gasteiger charge is -2.21. The normalized spacial score (nSPS) is 15.1. The minimum absolute atomic E-state index is 0.0342. The van der Waals surface area contributed by atoms with Gasteiger partial charge in [0.05, 0.1) is 17.8 Å². The van der Waals surface area contributed by atoms with Crippen LogP contribution in [0.2, 0.25) is 0 Å². The van der Waals surface area contributed by atoms with Gasteiger partial charge in [0.25, 0.3) is 0 Å². The number of fused-ring (bicyclic) bond motifs is 1. The van der Waals surface area contributed by atoms with Crippen molar-refractivity contribution in [2.24, 2.45) is 0 Å². The summed E-state index contributed by atoms with van der Waals surface area (Å²) in [5.41, 5.74) is 1.66. The van der Waals surface area contributed by atoms with Crippen LogP contribution in [0.25, 0.3) is 28.0 Å². The summed E-state index contributed by atoms with van der Waals surface area (Å²) in [4.78, 5) is 36.1. The third kappa shape index (κ3) is 5.06. The molecule has 0 radical (unpaired) electrons. The number of hydrogen-bond donors (Lipinski definition) is 6. The second-order valence-corrected chi connectivity index (χ2v) is 9.38. The van der Waals surface area contributed by atoms with Gasteiger partial charge in [0.1, 0.15) is 18.1 Å². The van der Waals surface area contributed by atoms with Gasteiger partial charge in [-0.25, -0.2) is 28.4 Å². The van der Waals surface area contributed by atoms with Crippen LogP contribution in [0.1, 0.15) is 25.3 Å². The summed E-state index contributed by atoms with van der Waals surface area (Å²) in [6.45, 7) is 4.04. The maximum atomic E-state index is 13.7. The minimum Gasteiger partial charge on any atom is -0.508 e. The van der Waals surface area contributed by atoms with E-state index in [1.807, 2.05) is 24.5 Å². The van der Waals surface area contributed by atoms with Crippen LogP contribution in [0.3, 0.4) is 0 Å². The van der Waals surface area contributed by atoms with E-state index in [1.54, 1.807) is 30.5 Å².